The number of hydrogen-bond acceptors (Lipinski definition) is 2. The SMILES string of the molecule is CCNC(CN(C)CC1CC2CCC1C2)C1CC1. The lowest BCUT2D eigenvalue weighted by Gasteiger charge is -2.30. The molecule has 0 aromatic carbocycles. The number of nitrogens with zero attached hydrogens (tertiary/aromatic N) is 1. The number of fused-ring (bicyclic) bond motifs is 2. The van der Waals surface area contributed by atoms with Gasteiger partial charge in [-0.2, -0.15) is 0 Å². The van der Waals surface area contributed by atoms with Crippen molar-refractivity contribution in [1.29, 1.82) is 0 Å². The first-order valence-corrected chi connectivity index (χ1v) is 8.18. The van der Waals surface area contributed by atoms with Gasteiger partial charge in [0.1, 0.15) is 0 Å². The minimum Gasteiger partial charge on any atom is -0.313 e. The summed E-state index contributed by atoms with van der Waals surface area (Å²) in [6.45, 7) is 6.00. The standard InChI is InChI=1S/C16H30N2/c1-3-17-16(13-6-7-13)11-18(2)10-15-9-12-4-5-14(15)8-12/h12-17H,3-11H2,1-2H3. The van der Waals surface area contributed by atoms with E-state index >= 15 is 0 Å². The van der Waals surface area contributed by atoms with Gasteiger partial charge < -0.3 is 10.2 Å². The Morgan fingerprint density at radius 3 is 2.56 bits per heavy atom. The van der Waals surface area contributed by atoms with Crippen LogP contribution in [-0.4, -0.2) is 37.6 Å². The summed E-state index contributed by atoms with van der Waals surface area (Å²) >= 11 is 0. The molecule has 104 valence electrons. The minimum atomic E-state index is 0.763. The first-order valence-electron chi connectivity index (χ1n) is 8.18. The maximum atomic E-state index is 3.69. The lowest BCUT2D eigenvalue weighted by atomic mass is 9.88. The Morgan fingerprint density at radius 2 is 2.00 bits per heavy atom. The van der Waals surface area contributed by atoms with E-state index in [0.717, 1.165) is 36.3 Å². The monoisotopic (exact) mass is 250 g/mol. The highest BCUT2D eigenvalue weighted by Crippen LogP contribution is 2.48. The van der Waals surface area contributed by atoms with Gasteiger partial charge >= 0.3 is 0 Å². The Kier molecular flexibility index (Phi) is 3.95. The lowest BCUT2D eigenvalue weighted by Crippen LogP contribution is -2.42. The third-order valence-electron chi connectivity index (χ3n) is 5.60. The zero-order chi connectivity index (χ0) is 12.5. The molecule has 0 saturated heterocycles. The van der Waals surface area contributed by atoms with Gasteiger partial charge in [0.15, 0.2) is 0 Å². The molecule has 0 heterocycles. The number of hydrogen-bond donors (Lipinski definition) is 1. The van der Waals surface area contributed by atoms with Crippen molar-refractivity contribution in [3.63, 3.8) is 0 Å². The molecule has 3 aliphatic rings. The van der Waals surface area contributed by atoms with Crippen molar-refractivity contribution in [2.75, 3.05) is 26.7 Å². The second-order valence-electron chi connectivity index (χ2n) is 7.16. The second kappa shape index (κ2) is 5.50. The Bertz CT molecular complexity index is 270. The van der Waals surface area contributed by atoms with Gasteiger partial charge in [0.05, 0.1) is 0 Å². The molecular formula is C16H30N2. The largest absolute Gasteiger partial charge is 0.313 e. The summed E-state index contributed by atoms with van der Waals surface area (Å²) in [5.41, 5.74) is 0. The molecule has 2 bridgehead atoms. The van der Waals surface area contributed by atoms with Crippen LogP contribution in [0.2, 0.25) is 0 Å². The summed E-state index contributed by atoms with van der Waals surface area (Å²) in [7, 11) is 2.35. The lowest BCUT2D eigenvalue weighted by molar-refractivity contribution is 0.199. The fraction of sp³-hybridized carbons (Fsp3) is 1.00. The average molecular weight is 250 g/mol. The van der Waals surface area contributed by atoms with Gasteiger partial charge in [0.25, 0.3) is 0 Å². The van der Waals surface area contributed by atoms with E-state index in [-0.39, 0.29) is 0 Å². The van der Waals surface area contributed by atoms with E-state index in [1.54, 1.807) is 6.42 Å². The molecule has 0 aromatic rings. The van der Waals surface area contributed by atoms with Crippen LogP contribution in [0.5, 0.6) is 0 Å². The van der Waals surface area contributed by atoms with E-state index in [1.165, 1.54) is 45.2 Å². The maximum absolute atomic E-state index is 3.69. The zero-order valence-electron chi connectivity index (χ0n) is 12.2. The fourth-order valence-corrected chi connectivity index (χ4v) is 4.55. The zero-order valence-corrected chi connectivity index (χ0v) is 12.2. The van der Waals surface area contributed by atoms with Crippen molar-refractivity contribution >= 4 is 0 Å². The van der Waals surface area contributed by atoms with Crippen LogP contribution in [0.1, 0.15) is 45.4 Å². The van der Waals surface area contributed by atoms with E-state index in [1.807, 2.05) is 0 Å². The molecule has 0 radical (unpaired) electrons. The number of rotatable bonds is 7. The summed E-state index contributed by atoms with van der Waals surface area (Å²) in [6.07, 6.45) is 9.07. The molecule has 3 fully saturated rings. The van der Waals surface area contributed by atoms with Crippen molar-refractivity contribution in [2.45, 2.75) is 51.5 Å². The summed E-state index contributed by atoms with van der Waals surface area (Å²) in [4.78, 5) is 2.62. The van der Waals surface area contributed by atoms with Gasteiger partial charge in [-0.25, -0.2) is 0 Å². The van der Waals surface area contributed by atoms with E-state index in [9.17, 15) is 0 Å². The number of nitrogens with one attached hydrogen (secondary N) is 1. The summed E-state index contributed by atoms with van der Waals surface area (Å²) in [6, 6.07) is 0.763. The molecule has 0 spiro atoms. The molecule has 4 unspecified atom stereocenters. The minimum absolute atomic E-state index is 0.763. The summed E-state index contributed by atoms with van der Waals surface area (Å²) < 4.78 is 0. The topological polar surface area (TPSA) is 15.3 Å². The Hall–Kier alpha value is -0.0800. The molecule has 2 heteroatoms. The van der Waals surface area contributed by atoms with Gasteiger partial charge in [-0.1, -0.05) is 13.3 Å². The highest BCUT2D eigenvalue weighted by molar-refractivity contribution is 4.92. The van der Waals surface area contributed by atoms with E-state index in [0.29, 0.717) is 0 Å². The first-order chi connectivity index (χ1) is 8.76. The predicted molar refractivity (Wildman–Crippen MR) is 76.6 cm³/mol. The van der Waals surface area contributed by atoms with Crippen LogP contribution in [0.25, 0.3) is 0 Å². The molecular weight excluding hydrogens is 220 g/mol. The van der Waals surface area contributed by atoms with Gasteiger partial charge in [-0.3, -0.25) is 0 Å². The molecule has 3 saturated carbocycles. The smallest absolute Gasteiger partial charge is 0.0223 e. The van der Waals surface area contributed by atoms with Gasteiger partial charge in [0.2, 0.25) is 0 Å². The third-order valence-corrected chi connectivity index (χ3v) is 5.60. The van der Waals surface area contributed by atoms with Crippen molar-refractivity contribution < 1.29 is 0 Å². The van der Waals surface area contributed by atoms with Gasteiger partial charge in [-0.05, 0) is 69.4 Å². The van der Waals surface area contributed by atoms with Crippen LogP contribution in [0.3, 0.4) is 0 Å². The van der Waals surface area contributed by atoms with Crippen LogP contribution in [0.4, 0.5) is 0 Å². The normalized spacial score (nSPS) is 36.5. The quantitative estimate of drug-likeness (QED) is 0.747. The van der Waals surface area contributed by atoms with E-state index < -0.39 is 0 Å². The van der Waals surface area contributed by atoms with Crippen LogP contribution in [-0.2, 0) is 0 Å². The van der Waals surface area contributed by atoms with Gasteiger partial charge in [0, 0.05) is 19.1 Å². The first kappa shape index (κ1) is 12.9. The summed E-state index contributed by atoms with van der Waals surface area (Å²) in [5, 5.41) is 3.69. The molecule has 2 nitrogen and oxygen atoms in total. The molecule has 3 rings (SSSR count). The van der Waals surface area contributed by atoms with E-state index in [4.69, 9.17) is 0 Å². The molecule has 4 atom stereocenters. The molecule has 3 aliphatic carbocycles. The molecule has 18 heavy (non-hydrogen) atoms. The molecule has 1 N–H and O–H groups in total. The third kappa shape index (κ3) is 2.91. The molecule has 0 aliphatic heterocycles. The summed E-state index contributed by atoms with van der Waals surface area (Å²) in [5.74, 6) is 4.18. The highest BCUT2D eigenvalue weighted by atomic mass is 15.1. The van der Waals surface area contributed by atoms with Crippen molar-refractivity contribution in [3.05, 3.63) is 0 Å². The maximum Gasteiger partial charge on any atom is 0.0223 e. The van der Waals surface area contributed by atoms with Crippen LogP contribution in [0, 0.1) is 23.7 Å². The van der Waals surface area contributed by atoms with Crippen LogP contribution < -0.4 is 5.32 Å². The van der Waals surface area contributed by atoms with Crippen LogP contribution in [0.15, 0.2) is 0 Å². The number of likely N-dealkylation sites (N-methyl/N-ethyl adjacent to an activating group) is 2. The Morgan fingerprint density at radius 1 is 1.17 bits per heavy atom. The molecule has 0 amide bonds. The van der Waals surface area contributed by atoms with Gasteiger partial charge in [-0.15, -0.1) is 0 Å². The average Bonchev–Trinajstić information content (AvgIpc) is 2.99. The second-order valence-corrected chi connectivity index (χ2v) is 7.16. The predicted octanol–water partition coefficient (Wildman–Crippen LogP) is 2.74. The van der Waals surface area contributed by atoms with E-state index in [2.05, 4.69) is 24.2 Å². The Balaban J connectivity index is 1.44. The van der Waals surface area contributed by atoms with Crippen LogP contribution >= 0.6 is 0 Å². The fourth-order valence-electron chi connectivity index (χ4n) is 4.55. The van der Waals surface area contributed by atoms with Crippen molar-refractivity contribution in [1.82, 2.24) is 10.2 Å². The van der Waals surface area contributed by atoms with Crippen molar-refractivity contribution in [3.8, 4) is 0 Å². The van der Waals surface area contributed by atoms with Crippen molar-refractivity contribution in [2.24, 2.45) is 23.7 Å². The Labute approximate surface area is 113 Å². The highest BCUT2D eigenvalue weighted by Gasteiger charge is 2.40. The molecule has 0 aromatic heterocycles.